The second kappa shape index (κ2) is 63.5. The van der Waals surface area contributed by atoms with Crippen LogP contribution in [0.4, 0.5) is 0 Å². The van der Waals surface area contributed by atoms with Gasteiger partial charge in [-0.2, -0.15) is 0 Å². The molecule has 0 saturated heterocycles. The number of hydrogen-bond donors (Lipinski definition) is 3. The SMILES string of the molecule is CC(C)CCCCCCCCCCCCCCC(=O)OC[C@H](COP(=O)(O)OCC(O)COP(=O)(O)OC[C@@H](COC(=O)CCCCCCCCCC(C)C)OC(=O)CCCCCCCCCCCCC(C)C)OC(=O)CCCCCCCCCCCCCCC(C)C. The largest absolute Gasteiger partial charge is 0.472 e. The van der Waals surface area contributed by atoms with Gasteiger partial charge in [0.05, 0.1) is 26.4 Å². The van der Waals surface area contributed by atoms with Crippen LogP contribution >= 0.6 is 15.6 Å². The molecule has 0 spiro atoms. The number of hydrogen-bond acceptors (Lipinski definition) is 15. The lowest BCUT2D eigenvalue weighted by atomic mass is 10.0. The van der Waals surface area contributed by atoms with Gasteiger partial charge in [-0.05, 0) is 49.4 Å². The van der Waals surface area contributed by atoms with Crippen molar-refractivity contribution in [2.24, 2.45) is 23.7 Å². The van der Waals surface area contributed by atoms with Crippen LogP contribution in [0.15, 0.2) is 0 Å². The van der Waals surface area contributed by atoms with Gasteiger partial charge in [-0.1, -0.05) is 319 Å². The van der Waals surface area contributed by atoms with Crippen LogP contribution < -0.4 is 0 Å². The van der Waals surface area contributed by atoms with Crippen molar-refractivity contribution in [2.45, 2.75) is 388 Å². The Bertz CT molecular complexity index is 1830. The number of aliphatic hydroxyl groups is 1. The Labute approximate surface area is 568 Å². The Morgan fingerprint density at radius 3 is 0.667 bits per heavy atom. The van der Waals surface area contributed by atoms with E-state index >= 15 is 0 Å². The molecule has 17 nitrogen and oxygen atoms in total. The van der Waals surface area contributed by atoms with Crippen LogP contribution in [0.1, 0.15) is 370 Å². The first-order valence-electron chi connectivity index (χ1n) is 38.2. The zero-order chi connectivity index (χ0) is 68.9. The first kappa shape index (κ1) is 91.1. The normalized spacial score (nSPS) is 14.2. The smallest absolute Gasteiger partial charge is 0.462 e. The Kier molecular flexibility index (Phi) is 62.2. The first-order chi connectivity index (χ1) is 44.6. The molecule has 0 radical (unpaired) electrons. The third-order valence-electron chi connectivity index (χ3n) is 17.1. The molecule has 0 aromatic heterocycles. The number of rotatable bonds is 71. The van der Waals surface area contributed by atoms with Gasteiger partial charge in [-0.3, -0.25) is 37.3 Å². The minimum absolute atomic E-state index is 0.105. The molecule has 0 saturated carbocycles. The van der Waals surface area contributed by atoms with Gasteiger partial charge >= 0.3 is 39.5 Å². The lowest BCUT2D eigenvalue weighted by Gasteiger charge is -2.21. The monoisotopic (exact) mass is 1370 g/mol. The maximum atomic E-state index is 13.1. The van der Waals surface area contributed by atoms with E-state index in [2.05, 4.69) is 55.4 Å². The lowest BCUT2D eigenvalue weighted by molar-refractivity contribution is -0.161. The summed E-state index contributed by atoms with van der Waals surface area (Å²) >= 11 is 0. The van der Waals surface area contributed by atoms with Crippen LogP contribution in [-0.2, 0) is 65.4 Å². The topological polar surface area (TPSA) is 237 Å². The molecular weight excluding hydrogens is 1220 g/mol. The molecule has 3 unspecified atom stereocenters. The van der Waals surface area contributed by atoms with E-state index in [1.807, 2.05) is 0 Å². The first-order valence-corrected chi connectivity index (χ1v) is 41.2. The molecule has 552 valence electrons. The Morgan fingerprint density at radius 1 is 0.269 bits per heavy atom. The van der Waals surface area contributed by atoms with Gasteiger partial charge in [0.2, 0.25) is 0 Å². The van der Waals surface area contributed by atoms with E-state index in [9.17, 15) is 43.2 Å². The predicted molar refractivity (Wildman–Crippen MR) is 377 cm³/mol. The lowest BCUT2D eigenvalue weighted by Crippen LogP contribution is -2.30. The molecule has 3 N–H and O–H groups in total. The average molecular weight is 1370 g/mol. The molecule has 0 heterocycles. The second-order valence-corrected chi connectivity index (χ2v) is 31.5. The number of aliphatic hydroxyl groups excluding tert-OH is 1. The number of esters is 4. The molecule has 0 amide bonds. The van der Waals surface area contributed by atoms with Crippen molar-refractivity contribution in [3.8, 4) is 0 Å². The fourth-order valence-electron chi connectivity index (χ4n) is 11.2. The van der Waals surface area contributed by atoms with E-state index in [0.717, 1.165) is 114 Å². The van der Waals surface area contributed by atoms with E-state index in [-0.39, 0.29) is 25.7 Å². The summed E-state index contributed by atoms with van der Waals surface area (Å²) in [5.74, 6) is 0.892. The van der Waals surface area contributed by atoms with Gasteiger partial charge in [-0.15, -0.1) is 0 Å². The van der Waals surface area contributed by atoms with Crippen LogP contribution in [0.3, 0.4) is 0 Å². The van der Waals surface area contributed by atoms with Crippen molar-refractivity contribution in [3.63, 3.8) is 0 Å². The molecule has 0 aliphatic rings. The summed E-state index contributed by atoms with van der Waals surface area (Å²) in [6, 6.07) is 0. The highest BCUT2D eigenvalue weighted by atomic mass is 31.2. The summed E-state index contributed by atoms with van der Waals surface area (Å²) in [5, 5.41) is 10.6. The number of phosphoric acid groups is 2. The van der Waals surface area contributed by atoms with Crippen molar-refractivity contribution in [1.29, 1.82) is 0 Å². The number of ether oxygens (including phenoxy) is 4. The summed E-state index contributed by atoms with van der Waals surface area (Å²) in [5.41, 5.74) is 0. The van der Waals surface area contributed by atoms with E-state index < -0.39 is 97.5 Å². The van der Waals surface area contributed by atoms with E-state index in [0.29, 0.717) is 31.6 Å². The number of carbonyl (C=O) groups is 4. The summed E-state index contributed by atoms with van der Waals surface area (Å²) in [6.45, 7) is 14.1. The molecular formula is C74H144O17P2. The minimum Gasteiger partial charge on any atom is -0.462 e. The van der Waals surface area contributed by atoms with Crippen LogP contribution in [-0.4, -0.2) is 96.7 Å². The minimum atomic E-state index is -4.96. The highest BCUT2D eigenvalue weighted by molar-refractivity contribution is 7.47. The highest BCUT2D eigenvalue weighted by Gasteiger charge is 2.30. The summed E-state index contributed by atoms with van der Waals surface area (Å²) in [4.78, 5) is 72.7. The molecule has 0 fully saturated rings. The van der Waals surface area contributed by atoms with Crippen LogP contribution in [0, 0.1) is 23.7 Å². The van der Waals surface area contributed by atoms with Crippen molar-refractivity contribution < 1.29 is 80.2 Å². The van der Waals surface area contributed by atoms with Crippen molar-refractivity contribution >= 4 is 39.5 Å². The molecule has 93 heavy (non-hydrogen) atoms. The van der Waals surface area contributed by atoms with Gasteiger partial charge in [-0.25, -0.2) is 9.13 Å². The zero-order valence-electron chi connectivity index (χ0n) is 60.9. The number of carbonyl (C=O) groups excluding carboxylic acids is 4. The molecule has 5 atom stereocenters. The van der Waals surface area contributed by atoms with Crippen molar-refractivity contribution in [3.05, 3.63) is 0 Å². The molecule has 0 aliphatic heterocycles. The summed E-state index contributed by atoms with van der Waals surface area (Å²) in [7, 11) is -9.91. The molecule has 0 aliphatic carbocycles. The fraction of sp³-hybridized carbons (Fsp3) is 0.946. The Morgan fingerprint density at radius 2 is 0.452 bits per heavy atom. The van der Waals surface area contributed by atoms with Crippen LogP contribution in [0.25, 0.3) is 0 Å². The number of phosphoric ester groups is 2. The average Bonchev–Trinajstić information content (AvgIpc) is 2.29. The van der Waals surface area contributed by atoms with Crippen molar-refractivity contribution in [1.82, 2.24) is 0 Å². The van der Waals surface area contributed by atoms with E-state index in [1.54, 1.807) is 0 Å². The molecule has 19 heteroatoms. The summed E-state index contributed by atoms with van der Waals surface area (Å²) in [6.07, 6.45) is 47.2. The Hall–Kier alpha value is -1.94. The van der Waals surface area contributed by atoms with Crippen LogP contribution in [0.2, 0.25) is 0 Å². The van der Waals surface area contributed by atoms with E-state index in [4.69, 9.17) is 37.0 Å². The molecule has 0 aromatic carbocycles. The van der Waals surface area contributed by atoms with Gasteiger partial charge < -0.3 is 33.8 Å². The number of unbranched alkanes of at least 4 members (excludes halogenated alkanes) is 37. The van der Waals surface area contributed by atoms with E-state index in [1.165, 1.54) is 167 Å². The van der Waals surface area contributed by atoms with Gasteiger partial charge in [0.25, 0.3) is 0 Å². The van der Waals surface area contributed by atoms with Crippen molar-refractivity contribution in [2.75, 3.05) is 39.6 Å². The zero-order valence-corrected chi connectivity index (χ0v) is 62.7. The van der Waals surface area contributed by atoms with Crippen LogP contribution in [0.5, 0.6) is 0 Å². The third kappa shape index (κ3) is 68.4. The fourth-order valence-corrected chi connectivity index (χ4v) is 12.8. The Balaban J connectivity index is 5.26. The molecule has 0 rings (SSSR count). The summed E-state index contributed by atoms with van der Waals surface area (Å²) < 4.78 is 68.5. The maximum absolute atomic E-state index is 13.1. The molecule has 0 aromatic rings. The standard InChI is InChI=1S/C74H144O17P2/c1-64(2)50-42-34-26-19-13-9-11-15-22-30-38-46-54-71(76)84-60-69(90-73(78)56-48-40-31-23-16-12-10-14-20-27-35-43-51-65(3)4)62-88-92(80,81)86-58-68(75)59-87-93(82,83)89-63-70(61-85-72(77)55-47-39-33-25-29-37-45-53-67(7)8)91-74(79)57-49-41-32-24-18-17-21-28-36-44-52-66(5)6/h64-70,75H,9-63H2,1-8H3,(H,80,81)(H,82,83)/t68?,69-,70-/m1/s1. The third-order valence-corrected chi connectivity index (χ3v) is 19.0. The maximum Gasteiger partial charge on any atom is 0.472 e. The second-order valence-electron chi connectivity index (χ2n) is 28.6. The highest BCUT2D eigenvalue weighted by Crippen LogP contribution is 2.45. The predicted octanol–water partition coefficient (Wildman–Crippen LogP) is 21.3. The van der Waals surface area contributed by atoms with Gasteiger partial charge in [0.1, 0.15) is 19.3 Å². The van der Waals surface area contributed by atoms with Gasteiger partial charge in [0, 0.05) is 25.7 Å². The molecule has 0 bridgehead atoms. The van der Waals surface area contributed by atoms with Gasteiger partial charge in [0.15, 0.2) is 12.2 Å². The quantitative estimate of drug-likeness (QED) is 0.0222.